The molecule has 0 aliphatic heterocycles. The summed E-state index contributed by atoms with van der Waals surface area (Å²) in [6, 6.07) is 0. The van der Waals surface area contributed by atoms with Gasteiger partial charge in [0.15, 0.2) is 11.4 Å². The monoisotopic (exact) mass is 242 g/mol. The second-order valence-corrected chi connectivity index (χ2v) is 4.15. The lowest BCUT2D eigenvalue weighted by atomic mass is 10.2. The third-order valence-corrected chi connectivity index (χ3v) is 2.57. The molecule has 0 aromatic rings. The number of nitriles is 1. The minimum atomic E-state index is 0.178. The molecule has 0 fully saturated rings. The summed E-state index contributed by atoms with van der Waals surface area (Å²) in [6.07, 6.45) is 4.92. The van der Waals surface area contributed by atoms with E-state index in [1.807, 2.05) is 6.19 Å². The maximum atomic E-state index is 8.38. The molecule has 16 heavy (non-hydrogen) atoms. The van der Waals surface area contributed by atoms with Gasteiger partial charge in [-0.2, -0.15) is 5.26 Å². The van der Waals surface area contributed by atoms with Crippen molar-refractivity contribution in [2.24, 2.45) is 10.7 Å². The summed E-state index contributed by atoms with van der Waals surface area (Å²) < 4.78 is 0. The molecular formula is C9H18N6S. The third-order valence-electron chi connectivity index (χ3n) is 1.77. The van der Waals surface area contributed by atoms with Crippen molar-refractivity contribution in [1.29, 1.82) is 10.7 Å². The van der Waals surface area contributed by atoms with E-state index in [1.165, 1.54) is 11.8 Å². The maximum Gasteiger partial charge on any atom is 0.204 e. The third kappa shape index (κ3) is 9.15. The molecule has 0 aliphatic carbocycles. The second-order valence-electron chi connectivity index (χ2n) is 3.01. The standard InChI is InChI=1S/C9H18N6S/c1-13-9(15-7-10)14-5-3-2-4-6-16-8(11)12/h2-6H2,1H3,(H3,11,12)(H2,13,14,15). The zero-order valence-corrected chi connectivity index (χ0v) is 10.2. The molecule has 5 N–H and O–H groups in total. The zero-order chi connectivity index (χ0) is 12.2. The number of aliphatic imine (C=N–C) groups is 1. The van der Waals surface area contributed by atoms with E-state index in [4.69, 9.17) is 16.4 Å². The van der Waals surface area contributed by atoms with Crippen molar-refractivity contribution in [3.8, 4) is 6.19 Å². The van der Waals surface area contributed by atoms with Gasteiger partial charge in [-0.1, -0.05) is 18.2 Å². The van der Waals surface area contributed by atoms with Crippen LogP contribution in [0.5, 0.6) is 0 Å². The van der Waals surface area contributed by atoms with Crippen LogP contribution >= 0.6 is 11.8 Å². The van der Waals surface area contributed by atoms with Crippen molar-refractivity contribution < 1.29 is 0 Å². The number of nitrogens with one attached hydrogen (secondary N) is 3. The number of hydrogen-bond acceptors (Lipinski definition) is 4. The van der Waals surface area contributed by atoms with Crippen molar-refractivity contribution in [2.75, 3.05) is 19.3 Å². The highest BCUT2D eigenvalue weighted by atomic mass is 32.2. The molecule has 0 aromatic heterocycles. The Bertz CT molecular complexity index is 270. The SMILES string of the molecule is CN=C(NC#N)NCCCCCSC(=N)N. The number of nitrogens with zero attached hydrogens (tertiary/aromatic N) is 2. The Morgan fingerprint density at radius 1 is 1.50 bits per heavy atom. The number of amidine groups is 1. The summed E-state index contributed by atoms with van der Waals surface area (Å²) in [5.74, 6) is 1.39. The minimum absolute atomic E-state index is 0.178. The first-order chi connectivity index (χ1) is 7.70. The Morgan fingerprint density at radius 3 is 2.81 bits per heavy atom. The van der Waals surface area contributed by atoms with Crippen LogP contribution in [0, 0.1) is 16.9 Å². The van der Waals surface area contributed by atoms with Crippen LogP contribution in [0.4, 0.5) is 0 Å². The van der Waals surface area contributed by atoms with E-state index in [2.05, 4.69) is 15.6 Å². The van der Waals surface area contributed by atoms with E-state index in [0.717, 1.165) is 31.6 Å². The molecule has 0 rings (SSSR count). The first-order valence-corrected chi connectivity index (χ1v) is 6.02. The van der Waals surface area contributed by atoms with E-state index in [1.54, 1.807) is 7.05 Å². The molecule has 0 amide bonds. The summed E-state index contributed by atoms with van der Waals surface area (Å²) in [5.41, 5.74) is 5.20. The Balaban J connectivity index is 3.33. The van der Waals surface area contributed by atoms with E-state index >= 15 is 0 Å². The van der Waals surface area contributed by atoms with Crippen molar-refractivity contribution in [1.82, 2.24) is 10.6 Å². The molecule has 0 spiro atoms. The number of thioether (sulfide) groups is 1. The highest BCUT2D eigenvalue weighted by Gasteiger charge is 1.95. The first kappa shape index (κ1) is 14.6. The quantitative estimate of drug-likeness (QED) is 0.177. The predicted octanol–water partition coefficient (Wildman–Crippen LogP) is 0.429. The molecule has 0 saturated heterocycles. The number of hydrogen-bond donors (Lipinski definition) is 4. The maximum absolute atomic E-state index is 8.38. The average molecular weight is 242 g/mol. The largest absolute Gasteiger partial charge is 0.379 e. The molecule has 0 aliphatic rings. The van der Waals surface area contributed by atoms with Gasteiger partial charge in [0.05, 0.1) is 0 Å². The van der Waals surface area contributed by atoms with Gasteiger partial charge in [0.25, 0.3) is 0 Å². The lowest BCUT2D eigenvalue weighted by Crippen LogP contribution is -2.34. The highest BCUT2D eigenvalue weighted by Crippen LogP contribution is 2.04. The zero-order valence-electron chi connectivity index (χ0n) is 9.42. The van der Waals surface area contributed by atoms with Gasteiger partial charge in [-0.05, 0) is 12.8 Å². The van der Waals surface area contributed by atoms with Crippen LogP contribution in [-0.4, -0.2) is 30.5 Å². The van der Waals surface area contributed by atoms with Gasteiger partial charge in [-0.25, -0.2) is 0 Å². The highest BCUT2D eigenvalue weighted by molar-refractivity contribution is 8.13. The van der Waals surface area contributed by atoms with Gasteiger partial charge in [-0.15, -0.1) is 0 Å². The van der Waals surface area contributed by atoms with Crippen molar-refractivity contribution in [3.05, 3.63) is 0 Å². The van der Waals surface area contributed by atoms with Crippen molar-refractivity contribution in [2.45, 2.75) is 19.3 Å². The molecule has 0 bridgehead atoms. The van der Waals surface area contributed by atoms with Gasteiger partial charge in [0.1, 0.15) is 0 Å². The second kappa shape index (κ2) is 10.1. The van der Waals surface area contributed by atoms with Gasteiger partial charge >= 0.3 is 0 Å². The van der Waals surface area contributed by atoms with Gasteiger partial charge in [-0.3, -0.25) is 15.7 Å². The Hall–Kier alpha value is -1.42. The molecule has 7 heteroatoms. The lowest BCUT2D eigenvalue weighted by Gasteiger charge is -2.06. The fourth-order valence-electron chi connectivity index (χ4n) is 1.02. The molecule has 6 nitrogen and oxygen atoms in total. The average Bonchev–Trinajstić information content (AvgIpc) is 2.26. The number of unbranched alkanes of at least 4 members (excludes halogenated alkanes) is 2. The Labute approximate surface area is 100 Å². The van der Waals surface area contributed by atoms with Crippen LogP contribution in [0.15, 0.2) is 4.99 Å². The van der Waals surface area contributed by atoms with E-state index in [-0.39, 0.29) is 5.17 Å². The van der Waals surface area contributed by atoms with Crippen LogP contribution in [0.3, 0.4) is 0 Å². The summed E-state index contributed by atoms with van der Waals surface area (Å²) in [7, 11) is 1.62. The number of rotatable bonds is 6. The van der Waals surface area contributed by atoms with Gasteiger partial charge < -0.3 is 11.1 Å². The number of guanidine groups is 1. The molecule has 0 saturated carbocycles. The molecule has 0 radical (unpaired) electrons. The van der Waals surface area contributed by atoms with E-state index < -0.39 is 0 Å². The Morgan fingerprint density at radius 2 is 2.25 bits per heavy atom. The first-order valence-electron chi connectivity index (χ1n) is 5.03. The molecule has 0 aromatic carbocycles. The van der Waals surface area contributed by atoms with Crippen LogP contribution in [-0.2, 0) is 0 Å². The summed E-state index contributed by atoms with van der Waals surface area (Å²) in [5, 5.41) is 21.0. The lowest BCUT2D eigenvalue weighted by molar-refractivity contribution is 0.694. The fraction of sp³-hybridized carbons (Fsp3) is 0.667. The molecule has 0 heterocycles. The molecule has 90 valence electrons. The Kier molecular flexibility index (Phi) is 9.21. The van der Waals surface area contributed by atoms with Crippen molar-refractivity contribution in [3.63, 3.8) is 0 Å². The van der Waals surface area contributed by atoms with Gasteiger partial charge in [0, 0.05) is 19.3 Å². The molecule has 0 unspecified atom stereocenters. The molecular weight excluding hydrogens is 224 g/mol. The van der Waals surface area contributed by atoms with Crippen molar-refractivity contribution >= 4 is 22.9 Å². The summed E-state index contributed by atoms with van der Waals surface area (Å²) in [6.45, 7) is 0.784. The minimum Gasteiger partial charge on any atom is -0.379 e. The van der Waals surface area contributed by atoms with E-state index in [9.17, 15) is 0 Å². The predicted molar refractivity (Wildman–Crippen MR) is 68.3 cm³/mol. The topological polar surface area (TPSA) is 110 Å². The fourth-order valence-corrected chi connectivity index (χ4v) is 1.59. The van der Waals surface area contributed by atoms with Crippen LogP contribution in [0.25, 0.3) is 0 Å². The normalized spacial score (nSPS) is 10.6. The van der Waals surface area contributed by atoms with Crippen LogP contribution in [0.1, 0.15) is 19.3 Å². The van der Waals surface area contributed by atoms with E-state index in [0.29, 0.717) is 5.96 Å². The van der Waals surface area contributed by atoms with Gasteiger partial charge in [0.2, 0.25) is 5.96 Å². The summed E-state index contributed by atoms with van der Waals surface area (Å²) in [4.78, 5) is 3.86. The van der Waals surface area contributed by atoms with Crippen LogP contribution < -0.4 is 16.4 Å². The van der Waals surface area contributed by atoms with Crippen LogP contribution in [0.2, 0.25) is 0 Å². The summed E-state index contributed by atoms with van der Waals surface area (Å²) >= 11 is 1.37. The molecule has 0 atom stereocenters. The number of nitrogens with two attached hydrogens (primary N) is 1. The smallest absolute Gasteiger partial charge is 0.204 e.